The molecule has 0 saturated heterocycles. The van der Waals surface area contributed by atoms with Crippen LogP contribution >= 0.6 is 0 Å². The summed E-state index contributed by atoms with van der Waals surface area (Å²) in [6.07, 6.45) is 2.94. The summed E-state index contributed by atoms with van der Waals surface area (Å²) in [6.45, 7) is 3.41. The van der Waals surface area contributed by atoms with Crippen LogP contribution in [0, 0.1) is 6.92 Å². The summed E-state index contributed by atoms with van der Waals surface area (Å²) in [7, 11) is 0. The molecule has 7 heteroatoms. The van der Waals surface area contributed by atoms with Crippen LogP contribution in [0.3, 0.4) is 0 Å². The van der Waals surface area contributed by atoms with Gasteiger partial charge in [0, 0.05) is 23.7 Å². The molecule has 0 unspecified atom stereocenters. The fraction of sp³-hybridized carbons (Fsp3) is 0.333. The number of nitrogens with one attached hydrogen (secondary N) is 1. The van der Waals surface area contributed by atoms with Gasteiger partial charge in [-0.1, -0.05) is 0 Å². The van der Waals surface area contributed by atoms with E-state index in [4.69, 9.17) is 11.6 Å². The number of hydrogen-bond donors (Lipinski definition) is 3. The summed E-state index contributed by atoms with van der Waals surface area (Å²) in [5, 5.41) is 1.26. The summed E-state index contributed by atoms with van der Waals surface area (Å²) in [4.78, 5) is 24.7. The fourth-order valence-corrected chi connectivity index (χ4v) is 1.20. The number of allylic oxidation sites excluding steroid dienone is 1. The molecular weight excluding hydrogens is 210 g/mol. The molecule has 1 rings (SSSR count). The molecule has 0 bridgehead atoms. The van der Waals surface area contributed by atoms with Crippen LogP contribution in [0.1, 0.15) is 12.5 Å². The lowest BCUT2D eigenvalue weighted by Crippen LogP contribution is -2.37. The maximum atomic E-state index is 11.4. The maximum absolute atomic E-state index is 11.4. The van der Waals surface area contributed by atoms with Crippen molar-refractivity contribution in [1.29, 1.82) is 0 Å². The number of nitrogens with two attached hydrogens (primary N) is 2. The standard InChI is InChI=1S/C9H15N5O2/c1-6-3-13(9(16)12-8(6)15)5-14(11)4-7(2)10/h3-4H,5,10-11H2,1-2H3,(H,12,15,16)/b7-4-. The summed E-state index contributed by atoms with van der Waals surface area (Å²) >= 11 is 0. The van der Waals surface area contributed by atoms with E-state index in [0.717, 1.165) is 0 Å². The highest BCUT2D eigenvalue weighted by molar-refractivity contribution is 5.00. The molecule has 1 heterocycles. The molecular formula is C9H15N5O2. The van der Waals surface area contributed by atoms with E-state index in [0.29, 0.717) is 11.3 Å². The van der Waals surface area contributed by atoms with E-state index in [1.165, 1.54) is 22.0 Å². The smallest absolute Gasteiger partial charge is 0.329 e. The first-order valence-electron chi connectivity index (χ1n) is 4.65. The molecule has 1 aromatic heterocycles. The van der Waals surface area contributed by atoms with Gasteiger partial charge in [-0.2, -0.15) is 0 Å². The second-order valence-electron chi connectivity index (χ2n) is 3.57. The van der Waals surface area contributed by atoms with Crippen molar-refractivity contribution in [1.82, 2.24) is 14.6 Å². The van der Waals surface area contributed by atoms with E-state index in [-0.39, 0.29) is 6.67 Å². The highest BCUT2D eigenvalue weighted by atomic mass is 16.2. The average Bonchev–Trinajstić information content (AvgIpc) is 2.12. The predicted octanol–water partition coefficient (Wildman–Crippen LogP) is -1.20. The highest BCUT2D eigenvalue weighted by Crippen LogP contribution is 1.89. The van der Waals surface area contributed by atoms with Gasteiger partial charge in [-0.05, 0) is 13.8 Å². The average molecular weight is 225 g/mol. The van der Waals surface area contributed by atoms with Crippen LogP contribution in [0.15, 0.2) is 27.7 Å². The Morgan fingerprint density at radius 2 is 2.25 bits per heavy atom. The minimum Gasteiger partial charge on any atom is -0.401 e. The van der Waals surface area contributed by atoms with E-state index in [2.05, 4.69) is 4.98 Å². The first-order chi connectivity index (χ1) is 7.40. The van der Waals surface area contributed by atoms with Crippen molar-refractivity contribution in [3.05, 3.63) is 44.5 Å². The zero-order valence-corrected chi connectivity index (χ0v) is 9.23. The zero-order valence-electron chi connectivity index (χ0n) is 9.23. The summed E-state index contributed by atoms with van der Waals surface area (Å²) in [5.74, 6) is 5.59. The molecule has 5 N–H and O–H groups in total. The lowest BCUT2D eigenvalue weighted by atomic mass is 10.4. The van der Waals surface area contributed by atoms with E-state index in [1.54, 1.807) is 13.8 Å². The fourth-order valence-electron chi connectivity index (χ4n) is 1.20. The number of aromatic amines is 1. The van der Waals surface area contributed by atoms with E-state index in [9.17, 15) is 9.59 Å². The van der Waals surface area contributed by atoms with Crippen LogP contribution in [0.25, 0.3) is 0 Å². The molecule has 0 saturated carbocycles. The van der Waals surface area contributed by atoms with Crippen LogP contribution in [0.4, 0.5) is 0 Å². The lowest BCUT2D eigenvalue weighted by molar-refractivity contribution is 0.304. The second kappa shape index (κ2) is 4.67. The number of aryl methyl sites for hydroxylation is 1. The Hall–Kier alpha value is -2.02. The zero-order chi connectivity index (χ0) is 12.3. The third kappa shape index (κ3) is 2.99. The number of rotatable bonds is 3. The molecule has 0 amide bonds. The quantitative estimate of drug-likeness (QED) is 0.442. The Morgan fingerprint density at radius 3 is 2.81 bits per heavy atom. The lowest BCUT2D eigenvalue weighted by Gasteiger charge is -2.15. The Bertz CT molecular complexity index is 509. The number of H-pyrrole nitrogens is 1. The SMILES string of the molecule is C/C(N)=C/N(N)Cn1cc(C)c(=O)[nH]c1=O. The van der Waals surface area contributed by atoms with Gasteiger partial charge in [0.15, 0.2) is 0 Å². The van der Waals surface area contributed by atoms with Gasteiger partial charge in [0.05, 0.1) is 0 Å². The van der Waals surface area contributed by atoms with Crippen molar-refractivity contribution in [3.8, 4) is 0 Å². The molecule has 1 aromatic rings. The topological polar surface area (TPSA) is 110 Å². The summed E-state index contributed by atoms with van der Waals surface area (Å²) in [6, 6.07) is 0. The number of nitrogens with zero attached hydrogens (tertiary/aromatic N) is 2. The molecule has 0 aliphatic rings. The Morgan fingerprint density at radius 1 is 1.62 bits per heavy atom. The van der Waals surface area contributed by atoms with Crippen molar-refractivity contribution in [2.75, 3.05) is 0 Å². The van der Waals surface area contributed by atoms with Crippen LogP contribution in [-0.4, -0.2) is 14.6 Å². The molecule has 0 aliphatic carbocycles. The number of hydrazine groups is 1. The maximum Gasteiger partial charge on any atom is 0.329 e. The minimum atomic E-state index is -0.505. The van der Waals surface area contributed by atoms with Gasteiger partial charge in [-0.25, -0.2) is 10.6 Å². The van der Waals surface area contributed by atoms with Crippen molar-refractivity contribution in [3.63, 3.8) is 0 Å². The normalized spacial score (nSPS) is 11.6. The van der Waals surface area contributed by atoms with Crippen LogP contribution in [-0.2, 0) is 6.67 Å². The minimum absolute atomic E-state index is 0.116. The predicted molar refractivity (Wildman–Crippen MR) is 60.0 cm³/mol. The molecule has 0 atom stereocenters. The molecule has 16 heavy (non-hydrogen) atoms. The monoisotopic (exact) mass is 225 g/mol. The van der Waals surface area contributed by atoms with Gasteiger partial charge in [-0.3, -0.25) is 19.4 Å². The van der Waals surface area contributed by atoms with E-state index < -0.39 is 11.2 Å². The molecule has 0 radical (unpaired) electrons. The van der Waals surface area contributed by atoms with Crippen molar-refractivity contribution in [2.24, 2.45) is 11.6 Å². The Kier molecular flexibility index (Phi) is 3.51. The molecule has 0 fully saturated rings. The van der Waals surface area contributed by atoms with Crippen molar-refractivity contribution < 1.29 is 0 Å². The number of hydrogen-bond acceptors (Lipinski definition) is 5. The van der Waals surface area contributed by atoms with Crippen molar-refractivity contribution >= 4 is 0 Å². The van der Waals surface area contributed by atoms with E-state index >= 15 is 0 Å². The number of aromatic nitrogens is 2. The molecule has 7 nitrogen and oxygen atoms in total. The molecule has 88 valence electrons. The van der Waals surface area contributed by atoms with Crippen molar-refractivity contribution in [2.45, 2.75) is 20.5 Å². The molecule has 0 aromatic carbocycles. The molecule has 0 aliphatic heterocycles. The first kappa shape index (κ1) is 12.1. The van der Waals surface area contributed by atoms with Gasteiger partial charge in [-0.15, -0.1) is 0 Å². The third-order valence-corrected chi connectivity index (χ3v) is 1.87. The van der Waals surface area contributed by atoms with Gasteiger partial charge in [0.25, 0.3) is 5.56 Å². The van der Waals surface area contributed by atoms with Gasteiger partial charge >= 0.3 is 5.69 Å². The Labute approximate surface area is 91.9 Å². The largest absolute Gasteiger partial charge is 0.401 e. The highest BCUT2D eigenvalue weighted by Gasteiger charge is 2.02. The van der Waals surface area contributed by atoms with Gasteiger partial charge in [0.2, 0.25) is 0 Å². The first-order valence-corrected chi connectivity index (χ1v) is 4.65. The van der Waals surface area contributed by atoms with Crippen LogP contribution in [0.5, 0.6) is 0 Å². The van der Waals surface area contributed by atoms with Gasteiger partial charge < -0.3 is 5.73 Å². The van der Waals surface area contributed by atoms with Crippen LogP contribution in [0.2, 0.25) is 0 Å². The summed E-state index contributed by atoms with van der Waals surface area (Å²) < 4.78 is 1.29. The van der Waals surface area contributed by atoms with Crippen LogP contribution < -0.4 is 22.8 Å². The summed E-state index contributed by atoms with van der Waals surface area (Å²) in [5.41, 5.74) is 5.51. The molecule has 0 spiro atoms. The third-order valence-electron chi connectivity index (χ3n) is 1.87. The van der Waals surface area contributed by atoms with Gasteiger partial charge in [0.1, 0.15) is 6.67 Å². The second-order valence-corrected chi connectivity index (χ2v) is 3.57. The Balaban J connectivity index is 2.99. The van der Waals surface area contributed by atoms with E-state index in [1.807, 2.05) is 0 Å².